The van der Waals surface area contributed by atoms with Crippen molar-refractivity contribution < 1.29 is 9.53 Å². The molecule has 0 saturated heterocycles. The van der Waals surface area contributed by atoms with Gasteiger partial charge in [0.25, 0.3) is 5.91 Å². The molecular weight excluding hydrogens is 298 g/mol. The number of rotatable bonds is 6. The second-order valence-corrected chi connectivity index (χ2v) is 6.70. The first-order valence-corrected chi connectivity index (χ1v) is 8.08. The van der Waals surface area contributed by atoms with Gasteiger partial charge in [0.05, 0.1) is 0 Å². The number of nitrogens with zero attached hydrogens (tertiary/aromatic N) is 2. The Morgan fingerprint density at radius 1 is 1.32 bits per heavy atom. The summed E-state index contributed by atoms with van der Waals surface area (Å²) in [5, 5.41) is 12.2. The molecular formula is C16H21N3O2S. The summed E-state index contributed by atoms with van der Waals surface area (Å²) in [6.45, 7) is 8.20. The zero-order valence-corrected chi connectivity index (χ0v) is 14.2. The summed E-state index contributed by atoms with van der Waals surface area (Å²) >= 11 is 1.41. The van der Waals surface area contributed by atoms with Crippen LogP contribution in [0.2, 0.25) is 0 Å². The molecule has 0 aliphatic rings. The lowest BCUT2D eigenvalue weighted by Gasteiger charge is -2.10. The van der Waals surface area contributed by atoms with Crippen LogP contribution in [0.15, 0.2) is 18.2 Å². The number of aryl methyl sites for hydroxylation is 1. The molecule has 0 aliphatic heterocycles. The number of carbonyl (C=O) groups excluding carboxylic acids is 1. The average molecular weight is 319 g/mol. The maximum absolute atomic E-state index is 11.9. The first kappa shape index (κ1) is 16.4. The van der Waals surface area contributed by atoms with Gasteiger partial charge in [-0.1, -0.05) is 37.3 Å². The Hall–Kier alpha value is -1.95. The molecule has 0 bridgehead atoms. The number of hydrogen-bond acceptors (Lipinski definition) is 5. The highest BCUT2D eigenvalue weighted by atomic mass is 32.1. The predicted octanol–water partition coefficient (Wildman–Crippen LogP) is 3.37. The van der Waals surface area contributed by atoms with E-state index in [0.29, 0.717) is 11.0 Å². The molecule has 0 saturated carbocycles. The van der Waals surface area contributed by atoms with E-state index >= 15 is 0 Å². The van der Waals surface area contributed by atoms with Gasteiger partial charge in [0, 0.05) is 6.42 Å². The molecule has 6 heteroatoms. The molecule has 0 atom stereocenters. The van der Waals surface area contributed by atoms with E-state index in [1.54, 1.807) is 0 Å². The van der Waals surface area contributed by atoms with Crippen LogP contribution < -0.4 is 10.1 Å². The molecule has 0 radical (unpaired) electrons. The van der Waals surface area contributed by atoms with Crippen LogP contribution in [-0.2, 0) is 11.2 Å². The first-order valence-electron chi connectivity index (χ1n) is 7.27. The summed E-state index contributed by atoms with van der Waals surface area (Å²) in [6, 6.07) is 5.79. The minimum atomic E-state index is -0.229. The summed E-state index contributed by atoms with van der Waals surface area (Å²) in [6.07, 6.45) is 0.868. The molecule has 22 heavy (non-hydrogen) atoms. The fourth-order valence-corrected chi connectivity index (χ4v) is 2.88. The lowest BCUT2D eigenvalue weighted by Crippen LogP contribution is -2.20. The zero-order valence-electron chi connectivity index (χ0n) is 13.3. The largest absolute Gasteiger partial charge is 0.483 e. The van der Waals surface area contributed by atoms with Crippen molar-refractivity contribution in [2.45, 2.75) is 34.1 Å². The van der Waals surface area contributed by atoms with Gasteiger partial charge in [-0.15, -0.1) is 10.2 Å². The van der Waals surface area contributed by atoms with E-state index in [-0.39, 0.29) is 12.5 Å². The fourth-order valence-electron chi connectivity index (χ4n) is 1.92. The lowest BCUT2D eigenvalue weighted by molar-refractivity contribution is -0.118. The summed E-state index contributed by atoms with van der Waals surface area (Å²) in [4.78, 5) is 11.9. The maximum Gasteiger partial charge on any atom is 0.264 e. The van der Waals surface area contributed by atoms with E-state index in [9.17, 15) is 4.79 Å². The molecule has 2 aromatic rings. The number of ether oxygens (including phenoxy) is 1. The highest BCUT2D eigenvalue weighted by molar-refractivity contribution is 7.15. The van der Waals surface area contributed by atoms with Crippen LogP contribution in [0.5, 0.6) is 5.75 Å². The average Bonchev–Trinajstić information content (AvgIpc) is 2.86. The molecule has 0 spiro atoms. The summed E-state index contributed by atoms with van der Waals surface area (Å²) in [7, 11) is 0. The minimum absolute atomic E-state index is 0.0383. The normalized spacial score (nSPS) is 10.8. The Labute approximate surface area is 134 Å². The van der Waals surface area contributed by atoms with Crippen molar-refractivity contribution >= 4 is 22.4 Å². The van der Waals surface area contributed by atoms with Gasteiger partial charge in [0.15, 0.2) is 6.61 Å². The molecule has 1 amide bonds. The first-order chi connectivity index (χ1) is 10.5. The second-order valence-electron chi connectivity index (χ2n) is 5.63. The van der Waals surface area contributed by atoms with Gasteiger partial charge in [0.1, 0.15) is 10.8 Å². The van der Waals surface area contributed by atoms with E-state index in [1.165, 1.54) is 11.3 Å². The Balaban J connectivity index is 1.88. The van der Waals surface area contributed by atoms with E-state index < -0.39 is 0 Å². The molecule has 2 rings (SSSR count). The van der Waals surface area contributed by atoms with Crippen molar-refractivity contribution in [3.63, 3.8) is 0 Å². The van der Waals surface area contributed by atoms with E-state index in [4.69, 9.17) is 4.74 Å². The molecule has 5 nitrogen and oxygen atoms in total. The highest BCUT2D eigenvalue weighted by Crippen LogP contribution is 2.21. The highest BCUT2D eigenvalue weighted by Gasteiger charge is 2.10. The van der Waals surface area contributed by atoms with E-state index in [1.807, 2.05) is 32.0 Å². The van der Waals surface area contributed by atoms with E-state index in [0.717, 1.165) is 28.3 Å². The topological polar surface area (TPSA) is 64.1 Å². The van der Waals surface area contributed by atoms with Crippen LogP contribution in [0.4, 0.5) is 5.13 Å². The third kappa shape index (κ3) is 4.53. The zero-order chi connectivity index (χ0) is 16.1. The quantitative estimate of drug-likeness (QED) is 0.886. The Kier molecular flexibility index (Phi) is 5.49. The van der Waals surface area contributed by atoms with Crippen LogP contribution in [0.25, 0.3) is 0 Å². The SMILES string of the molecule is Cc1cccc(OCC(=O)Nc2nnc(CC(C)C)s2)c1C. The van der Waals surface area contributed by atoms with Crippen molar-refractivity contribution in [3.8, 4) is 5.75 Å². The van der Waals surface area contributed by atoms with Gasteiger partial charge in [-0.2, -0.15) is 0 Å². The smallest absolute Gasteiger partial charge is 0.264 e. The number of aromatic nitrogens is 2. The van der Waals surface area contributed by atoms with Crippen molar-refractivity contribution in [2.75, 3.05) is 11.9 Å². The minimum Gasteiger partial charge on any atom is -0.483 e. The second kappa shape index (κ2) is 7.35. The summed E-state index contributed by atoms with van der Waals surface area (Å²) in [5.74, 6) is 1.02. The number of carbonyl (C=O) groups is 1. The molecule has 1 aromatic carbocycles. The molecule has 1 aromatic heterocycles. The van der Waals surface area contributed by atoms with Crippen molar-refractivity contribution in [2.24, 2.45) is 5.92 Å². The summed E-state index contributed by atoms with van der Waals surface area (Å²) < 4.78 is 5.57. The number of hydrogen-bond donors (Lipinski definition) is 1. The van der Waals surface area contributed by atoms with Gasteiger partial charge in [-0.3, -0.25) is 10.1 Å². The molecule has 1 N–H and O–H groups in total. The van der Waals surface area contributed by atoms with Crippen molar-refractivity contribution in [1.82, 2.24) is 10.2 Å². The number of amides is 1. The molecule has 0 aliphatic carbocycles. The fraction of sp³-hybridized carbons (Fsp3) is 0.438. The predicted molar refractivity (Wildman–Crippen MR) is 88.5 cm³/mol. The van der Waals surface area contributed by atoms with Crippen LogP contribution >= 0.6 is 11.3 Å². The third-order valence-corrected chi connectivity index (χ3v) is 4.07. The Morgan fingerprint density at radius 3 is 2.82 bits per heavy atom. The van der Waals surface area contributed by atoms with Gasteiger partial charge in [-0.05, 0) is 37.0 Å². The number of nitrogens with one attached hydrogen (secondary N) is 1. The monoisotopic (exact) mass is 319 g/mol. The number of anilines is 1. The Bertz CT molecular complexity index is 653. The molecule has 0 fully saturated rings. The van der Waals surface area contributed by atoms with Gasteiger partial charge >= 0.3 is 0 Å². The Morgan fingerprint density at radius 2 is 2.09 bits per heavy atom. The van der Waals surface area contributed by atoms with Crippen molar-refractivity contribution in [1.29, 1.82) is 0 Å². The third-order valence-electron chi connectivity index (χ3n) is 3.21. The molecule has 0 unspecified atom stereocenters. The van der Waals surface area contributed by atoms with Gasteiger partial charge in [-0.25, -0.2) is 0 Å². The van der Waals surface area contributed by atoms with Crippen LogP contribution in [-0.4, -0.2) is 22.7 Å². The molecule has 118 valence electrons. The standard InChI is InChI=1S/C16H21N3O2S/c1-10(2)8-15-18-19-16(22-15)17-14(20)9-21-13-7-5-6-11(3)12(13)4/h5-7,10H,8-9H2,1-4H3,(H,17,19,20). The molecule has 1 heterocycles. The van der Waals surface area contributed by atoms with E-state index in [2.05, 4.69) is 29.4 Å². The van der Waals surface area contributed by atoms with Crippen molar-refractivity contribution in [3.05, 3.63) is 34.3 Å². The van der Waals surface area contributed by atoms with Crippen LogP contribution in [0.3, 0.4) is 0 Å². The van der Waals surface area contributed by atoms with Crippen LogP contribution in [0, 0.1) is 19.8 Å². The van der Waals surface area contributed by atoms with Crippen LogP contribution in [0.1, 0.15) is 30.0 Å². The maximum atomic E-state index is 11.9. The van der Waals surface area contributed by atoms with Gasteiger partial charge < -0.3 is 4.74 Å². The number of benzene rings is 1. The van der Waals surface area contributed by atoms with Gasteiger partial charge in [0.2, 0.25) is 5.13 Å². The summed E-state index contributed by atoms with van der Waals surface area (Å²) in [5.41, 5.74) is 2.19. The lowest BCUT2D eigenvalue weighted by atomic mass is 10.1.